The highest BCUT2D eigenvalue weighted by molar-refractivity contribution is 8.13. The van der Waals surface area contributed by atoms with Gasteiger partial charge in [0, 0.05) is 11.4 Å². The summed E-state index contributed by atoms with van der Waals surface area (Å²) in [5.74, 6) is 1.51. The predicted molar refractivity (Wildman–Crippen MR) is 164 cm³/mol. The first kappa shape index (κ1) is 32.2. The number of hydrogen-bond acceptors (Lipinski definition) is 6. The Hall–Kier alpha value is -2.80. The van der Waals surface area contributed by atoms with Gasteiger partial charge in [-0.2, -0.15) is 0 Å². The Balaban J connectivity index is 2.97. The van der Waals surface area contributed by atoms with E-state index in [0.717, 1.165) is 48.4 Å². The number of nitrogens with zero attached hydrogens (tertiary/aromatic N) is 3. The Kier molecular flexibility index (Phi) is 16.1. The van der Waals surface area contributed by atoms with Crippen LogP contribution in [0.3, 0.4) is 0 Å². The smallest absolute Gasteiger partial charge is 0.135 e. The van der Waals surface area contributed by atoms with E-state index in [1.807, 2.05) is 32.9 Å². The van der Waals surface area contributed by atoms with E-state index < -0.39 is 0 Å². The van der Waals surface area contributed by atoms with Crippen LogP contribution in [0.2, 0.25) is 0 Å². The van der Waals surface area contributed by atoms with Gasteiger partial charge in [0.2, 0.25) is 0 Å². The van der Waals surface area contributed by atoms with Crippen LogP contribution in [0.15, 0.2) is 68.7 Å². The molecule has 37 heavy (non-hydrogen) atoms. The molecule has 0 saturated carbocycles. The highest BCUT2D eigenvalue weighted by Crippen LogP contribution is 2.20. The van der Waals surface area contributed by atoms with Crippen LogP contribution in [-0.2, 0) is 22.3 Å². The lowest BCUT2D eigenvalue weighted by Gasteiger charge is -2.12. The first-order valence-corrected chi connectivity index (χ1v) is 14.3. The van der Waals surface area contributed by atoms with Gasteiger partial charge in [0.25, 0.3) is 0 Å². The van der Waals surface area contributed by atoms with E-state index in [1.165, 1.54) is 16.2 Å². The van der Waals surface area contributed by atoms with Crippen molar-refractivity contribution in [2.75, 3.05) is 25.3 Å². The lowest BCUT2D eigenvalue weighted by Crippen LogP contribution is -2.11. The summed E-state index contributed by atoms with van der Waals surface area (Å²) in [5.41, 5.74) is 5.44. The van der Waals surface area contributed by atoms with Gasteiger partial charge in [-0.25, -0.2) is 9.98 Å². The third-order valence-corrected chi connectivity index (χ3v) is 6.32. The molecule has 1 unspecified atom stereocenters. The number of aliphatic imine (C=N–C) groups is 3. The molecule has 0 radical (unpaired) electrons. The Morgan fingerprint density at radius 2 is 1.84 bits per heavy atom. The van der Waals surface area contributed by atoms with Crippen LogP contribution in [-0.4, -0.2) is 43.1 Å². The van der Waals surface area contributed by atoms with Crippen LogP contribution in [0.1, 0.15) is 72.4 Å². The predicted octanol–water partition coefficient (Wildman–Crippen LogP) is 7.97. The molecule has 0 aromatic heterocycles. The zero-order valence-corrected chi connectivity index (χ0v) is 25.0. The molecule has 1 rings (SSSR count). The van der Waals surface area contributed by atoms with Gasteiger partial charge in [-0.3, -0.25) is 4.99 Å². The van der Waals surface area contributed by atoms with Gasteiger partial charge in [-0.05, 0) is 94.2 Å². The maximum Gasteiger partial charge on any atom is 0.135 e. The zero-order valence-electron chi connectivity index (χ0n) is 24.2. The molecule has 1 aromatic carbocycles. The number of allylic oxidation sites excluding steroid dienone is 4. The third kappa shape index (κ3) is 12.8. The maximum atomic E-state index is 5.90. The van der Waals surface area contributed by atoms with Gasteiger partial charge < -0.3 is 14.8 Å². The molecule has 0 spiro atoms. The van der Waals surface area contributed by atoms with Crippen molar-refractivity contribution in [3.8, 4) is 0 Å². The number of anilines is 1. The van der Waals surface area contributed by atoms with E-state index in [9.17, 15) is 0 Å². The fourth-order valence-corrected chi connectivity index (χ4v) is 4.21. The van der Waals surface area contributed by atoms with E-state index in [0.29, 0.717) is 12.4 Å². The average molecular weight is 527 g/mol. The van der Waals surface area contributed by atoms with Crippen molar-refractivity contribution in [1.29, 1.82) is 0 Å². The number of rotatable bonds is 15. The molecule has 0 amide bonds. The minimum Gasteiger partial charge on any atom is -0.504 e. The normalized spacial score (nSPS) is 14.8. The molecule has 0 heterocycles. The summed E-state index contributed by atoms with van der Waals surface area (Å²) < 4.78 is 11.0. The van der Waals surface area contributed by atoms with Crippen molar-refractivity contribution in [3.63, 3.8) is 0 Å². The number of hydrogen-bond donors (Lipinski definition) is 1. The number of ether oxygens (including phenoxy) is 2. The second kappa shape index (κ2) is 18.4. The van der Waals surface area contributed by atoms with Crippen LogP contribution in [0.4, 0.5) is 5.69 Å². The second-order valence-electron chi connectivity index (χ2n) is 8.79. The zero-order chi connectivity index (χ0) is 27.6. The SMILES string of the molecule is CCCC(=NC(C)CO/C(C)=C/C(C)=N/C=N\C(Nc1ccc(CC)c(CC)c1)=C(C)\C=C\OC)SC. The quantitative estimate of drug-likeness (QED) is 0.109. The number of methoxy groups -OCH3 is 1. The molecule has 0 fully saturated rings. The molecule has 0 aliphatic carbocycles. The lowest BCUT2D eigenvalue weighted by atomic mass is 10.0. The molecule has 0 aliphatic heterocycles. The van der Waals surface area contributed by atoms with Gasteiger partial charge in [-0.15, -0.1) is 11.8 Å². The molecule has 204 valence electrons. The minimum absolute atomic E-state index is 0.109. The minimum atomic E-state index is 0.109. The van der Waals surface area contributed by atoms with Crippen molar-refractivity contribution in [2.24, 2.45) is 15.0 Å². The first-order chi connectivity index (χ1) is 17.8. The Morgan fingerprint density at radius 1 is 1.11 bits per heavy atom. The number of nitrogens with one attached hydrogen (secondary N) is 1. The van der Waals surface area contributed by atoms with E-state index in [4.69, 9.17) is 14.5 Å². The van der Waals surface area contributed by atoms with E-state index >= 15 is 0 Å². The summed E-state index contributed by atoms with van der Waals surface area (Å²) in [6.07, 6.45) is 13.2. The third-order valence-electron chi connectivity index (χ3n) is 5.53. The van der Waals surface area contributed by atoms with Crippen LogP contribution in [0.5, 0.6) is 0 Å². The number of thioether (sulfide) groups is 1. The van der Waals surface area contributed by atoms with Crippen molar-refractivity contribution in [3.05, 3.63) is 64.9 Å². The Morgan fingerprint density at radius 3 is 2.46 bits per heavy atom. The first-order valence-electron chi connectivity index (χ1n) is 13.0. The van der Waals surface area contributed by atoms with Crippen molar-refractivity contribution < 1.29 is 9.47 Å². The molecule has 7 heteroatoms. The molecule has 1 N–H and O–H groups in total. The highest BCUT2D eigenvalue weighted by atomic mass is 32.2. The Bertz CT molecular complexity index is 1020. The van der Waals surface area contributed by atoms with E-state index in [1.54, 1.807) is 31.5 Å². The molecule has 6 nitrogen and oxygen atoms in total. The summed E-state index contributed by atoms with van der Waals surface area (Å²) in [6.45, 7) is 15.0. The van der Waals surface area contributed by atoms with Crippen molar-refractivity contribution in [2.45, 2.75) is 80.2 Å². The molecule has 0 saturated heterocycles. The van der Waals surface area contributed by atoms with Gasteiger partial charge in [0.05, 0.1) is 30.2 Å². The van der Waals surface area contributed by atoms with E-state index in [-0.39, 0.29) is 6.04 Å². The van der Waals surface area contributed by atoms with Gasteiger partial charge in [-0.1, -0.05) is 33.3 Å². The molecular weight excluding hydrogens is 480 g/mol. The summed E-state index contributed by atoms with van der Waals surface area (Å²) in [4.78, 5) is 13.8. The Labute approximate surface area is 229 Å². The monoisotopic (exact) mass is 526 g/mol. The van der Waals surface area contributed by atoms with Gasteiger partial charge in [0.15, 0.2) is 0 Å². The largest absolute Gasteiger partial charge is 0.504 e. The molecule has 0 bridgehead atoms. The summed E-state index contributed by atoms with van der Waals surface area (Å²) in [6, 6.07) is 6.57. The number of aryl methyl sites for hydroxylation is 2. The summed E-state index contributed by atoms with van der Waals surface area (Å²) >= 11 is 1.72. The van der Waals surface area contributed by atoms with Crippen LogP contribution in [0.25, 0.3) is 0 Å². The molecule has 1 atom stereocenters. The lowest BCUT2D eigenvalue weighted by molar-refractivity contribution is 0.201. The second-order valence-corrected chi connectivity index (χ2v) is 9.67. The van der Waals surface area contributed by atoms with Gasteiger partial charge >= 0.3 is 0 Å². The fraction of sp³-hybridized carbons (Fsp3) is 0.500. The molecular formula is C30H46N4O2S. The number of benzene rings is 1. The van der Waals surface area contributed by atoms with E-state index in [2.05, 4.69) is 67.5 Å². The fourth-order valence-electron chi connectivity index (χ4n) is 3.52. The summed E-state index contributed by atoms with van der Waals surface area (Å²) in [7, 11) is 1.63. The van der Waals surface area contributed by atoms with Crippen LogP contribution >= 0.6 is 11.8 Å². The standard InChI is InChI=1S/C30H46N4O2S/c1-10-13-29(37-9)33-24(6)20-36-25(7)18-23(5)31-21-32-30(22(4)16-17-35-8)34-28-15-14-26(11-2)27(12-3)19-28/h14-19,21,24,34H,10-13,20H2,1-9H3/b17-16+,25-18+,30-22-,31-23+,32-21-,33-29?. The van der Waals surface area contributed by atoms with Gasteiger partial charge in [0.1, 0.15) is 18.8 Å². The molecule has 1 aromatic rings. The highest BCUT2D eigenvalue weighted by Gasteiger charge is 2.05. The topological polar surface area (TPSA) is 67.6 Å². The average Bonchev–Trinajstić information content (AvgIpc) is 2.89. The van der Waals surface area contributed by atoms with Crippen molar-refractivity contribution in [1.82, 2.24) is 0 Å². The van der Waals surface area contributed by atoms with Crippen LogP contribution < -0.4 is 5.32 Å². The molecule has 0 aliphatic rings. The maximum absolute atomic E-state index is 5.90. The summed E-state index contributed by atoms with van der Waals surface area (Å²) in [5, 5.41) is 4.62. The van der Waals surface area contributed by atoms with Crippen LogP contribution in [0, 0.1) is 0 Å². The van der Waals surface area contributed by atoms with Crippen molar-refractivity contribution >= 4 is 34.5 Å².